The maximum absolute atomic E-state index is 10.7. The van der Waals surface area contributed by atoms with E-state index >= 15 is 0 Å². The molecule has 16 heavy (non-hydrogen) atoms. The molecule has 0 spiro atoms. The fourth-order valence-electron chi connectivity index (χ4n) is 1.37. The first-order valence-corrected chi connectivity index (χ1v) is 6.43. The van der Waals surface area contributed by atoms with Gasteiger partial charge >= 0.3 is 0 Å². The molecule has 0 heterocycles. The topological polar surface area (TPSA) is 34.1 Å². The summed E-state index contributed by atoms with van der Waals surface area (Å²) in [7, 11) is 0. The van der Waals surface area contributed by atoms with E-state index in [1.165, 1.54) is 12.8 Å². The summed E-state index contributed by atoms with van der Waals surface area (Å²) in [6, 6.07) is 0. The summed E-state index contributed by atoms with van der Waals surface area (Å²) in [4.78, 5) is 21.4. The van der Waals surface area contributed by atoms with Gasteiger partial charge in [0.15, 0.2) is 0 Å². The lowest BCUT2D eigenvalue weighted by molar-refractivity contribution is -0.125. The van der Waals surface area contributed by atoms with Gasteiger partial charge in [-0.1, -0.05) is 33.6 Å². The fraction of sp³-hybridized carbons (Fsp3) is 0.857. The first kappa shape index (κ1) is 15.3. The van der Waals surface area contributed by atoms with Gasteiger partial charge in [-0.15, -0.1) is 0 Å². The number of Topliss-reactive ketones (excluding diaryl/α,β-unsaturated/α-hetero) is 2. The summed E-state index contributed by atoms with van der Waals surface area (Å²) in [6.45, 7) is 7.61. The van der Waals surface area contributed by atoms with Crippen molar-refractivity contribution in [1.82, 2.24) is 0 Å². The van der Waals surface area contributed by atoms with Gasteiger partial charge in [0, 0.05) is 18.3 Å². The summed E-state index contributed by atoms with van der Waals surface area (Å²) in [5, 5.41) is 0. The van der Waals surface area contributed by atoms with Crippen LogP contribution in [0.5, 0.6) is 0 Å². The Kier molecular flexibility index (Phi) is 7.27. The van der Waals surface area contributed by atoms with Crippen molar-refractivity contribution >= 4 is 11.6 Å². The van der Waals surface area contributed by atoms with Crippen LogP contribution in [0.4, 0.5) is 0 Å². The molecule has 0 aliphatic heterocycles. The minimum atomic E-state index is -0.0972. The molecule has 0 unspecified atom stereocenters. The van der Waals surface area contributed by atoms with Crippen LogP contribution in [0, 0.1) is 5.41 Å². The first-order chi connectivity index (χ1) is 7.40. The number of ketones is 2. The number of hydrogen-bond donors (Lipinski definition) is 0. The van der Waals surface area contributed by atoms with Crippen LogP contribution in [-0.2, 0) is 9.59 Å². The van der Waals surface area contributed by atoms with Crippen molar-refractivity contribution in [3.05, 3.63) is 0 Å². The van der Waals surface area contributed by atoms with E-state index in [-0.39, 0.29) is 11.2 Å². The average Bonchev–Trinajstić information content (AvgIpc) is 2.46. The fourth-order valence-corrected chi connectivity index (χ4v) is 1.37. The third-order valence-electron chi connectivity index (χ3n) is 3.50. The Morgan fingerprint density at radius 1 is 1.12 bits per heavy atom. The molecule has 0 atom stereocenters. The summed E-state index contributed by atoms with van der Waals surface area (Å²) in [5.41, 5.74) is -0.0972. The molecule has 0 bridgehead atoms. The van der Waals surface area contributed by atoms with Gasteiger partial charge in [0.1, 0.15) is 11.6 Å². The Balaban J connectivity index is 0.000000281. The SMILES string of the molecule is CCC(C)(C)C(C)=O.O=C1CCCCCC1. The van der Waals surface area contributed by atoms with E-state index in [1.54, 1.807) is 6.92 Å². The van der Waals surface area contributed by atoms with Gasteiger partial charge in [-0.3, -0.25) is 9.59 Å². The quantitative estimate of drug-likeness (QED) is 0.669. The summed E-state index contributed by atoms with van der Waals surface area (Å²) < 4.78 is 0. The molecule has 0 radical (unpaired) electrons. The zero-order valence-electron chi connectivity index (χ0n) is 11.3. The maximum Gasteiger partial charge on any atom is 0.135 e. The van der Waals surface area contributed by atoms with Crippen molar-refractivity contribution in [2.45, 2.75) is 72.6 Å². The summed E-state index contributed by atoms with van der Waals surface area (Å²) in [5.74, 6) is 0.752. The second-order valence-electron chi connectivity index (χ2n) is 5.25. The molecule has 2 heteroatoms. The molecule has 2 nitrogen and oxygen atoms in total. The molecule has 0 aromatic heterocycles. The zero-order chi connectivity index (χ0) is 12.6. The third kappa shape index (κ3) is 6.76. The second-order valence-corrected chi connectivity index (χ2v) is 5.25. The van der Waals surface area contributed by atoms with Gasteiger partial charge in [-0.05, 0) is 26.2 Å². The predicted molar refractivity (Wildman–Crippen MR) is 67.5 cm³/mol. The van der Waals surface area contributed by atoms with Crippen LogP contribution in [0.25, 0.3) is 0 Å². The van der Waals surface area contributed by atoms with E-state index in [0.717, 1.165) is 32.1 Å². The second kappa shape index (κ2) is 7.59. The van der Waals surface area contributed by atoms with Crippen LogP contribution in [0.15, 0.2) is 0 Å². The van der Waals surface area contributed by atoms with Gasteiger partial charge in [0.2, 0.25) is 0 Å². The number of carbonyl (C=O) groups excluding carboxylic acids is 2. The summed E-state index contributed by atoms with van der Waals surface area (Å²) >= 11 is 0. The molecule has 1 fully saturated rings. The van der Waals surface area contributed by atoms with E-state index in [9.17, 15) is 9.59 Å². The lowest BCUT2D eigenvalue weighted by Crippen LogP contribution is -2.19. The van der Waals surface area contributed by atoms with Crippen molar-refractivity contribution in [3.8, 4) is 0 Å². The number of carbonyl (C=O) groups is 2. The number of rotatable bonds is 2. The molecule has 0 saturated heterocycles. The van der Waals surface area contributed by atoms with Crippen molar-refractivity contribution in [2.24, 2.45) is 5.41 Å². The molecular formula is C14H26O2. The Hall–Kier alpha value is -0.660. The van der Waals surface area contributed by atoms with E-state index in [1.807, 2.05) is 20.8 Å². The van der Waals surface area contributed by atoms with E-state index < -0.39 is 0 Å². The zero-order valence-corrected chi connectivity index (χ0v) is 11.3. The van der Waals surface area contributed by atoms with Crippen LogP contribution in [0.1, 0.15) is 72.6 Å². The standard InChI is InChI=1S/C7H12O.C7H14O/c8-7-5-3-1-2-4-6-7;1-5-7(3,4)6(2)8/h1-6H2;5H2,1-4H3. The van der Waals surface area contributed by atoms with Gasteiger partial charge in [0.25, 0.3) is 0 Å². The molecule has 1 aliphatic carbocycles. The lowest BCUT2D eigenvalue weighted by Gasteiger charge is -2.17. The third-order valence-corrected chi connectivity index (χ3v) is 3.50. The van der Waals surface area contributed by atoms with Crippen LogP contribution in [0.3, 0.4) is 0 Å². The van der Waals surface area contributed by atoms with Crippen LogP contribution >= 0.6 is 0 Å². The Labute approximate surface area is 99.8 Å². The molecule has 1 saturated carbocycles. The van der Waals surface area contributed by atoms with Crippen molar-refractivity contribution in [3.63, 3.8) is 0 Å². The number of hydrogen-bond acceptors (Lipinski definition) is 2. The maximum atomic E-state index is 10.7. The normalized spacial score (nSPS) is 17.1. The van der Waals surface area contributed by atoms with Gasteiger partial charge in [0.05, 0.1) is 0 Å². The van der Waals surface area contributed by atoms with E-state index in [2.05, 4.69) is 0 Å². The minimum absolute atomic E-state index is 0.0972. The largest absolute Gasteiger partial charge is 0.300 e. The van der Waals surface area contributed by atoms with Crippen LogP contribution < -0.4 is 0 Å². The Morgan fingerprint density at radius 3 is 1.81 bits per heavy atom. The van der Waals surface area contributed by atoms with Gasteiger partial charge in [-0.2, -0.15) is 0 Å². The van der Waals surface area contributed by atoms with Crippen LogP contribution in [-0.4, -0.2) is 11.6 Å². The lowest BCUT2D eigenvalue weighted by atomic mass is 9.86. The first-order valence-electron chi connectivity index (χ1n) is 6.43. The molecule has 0 aromatic carbocycles. The highest BCUT2D eigenvalue weighted by Crippen LogP contribution is 2.19. The Bertz CT molecular complexity index is 219. The van der Waals surface area contributed by atoms with E-state index in [4.69, 9.17) is 0 Å². The molecule has 1 rings (SSSR count). The van der Waals surface area contributed by atoms with Crippen molar-refractivity contribution < 1.29 is 9.59 Å². The molecule has 94 valence electrons. The molecule has 1 aliphatic rings. The highest BCUT2D eigenvalue weighted by molar-refractivity contribution is 5.81. The molecule has 0 amide bonds. The highest BCUT2D eigenvalue weighted by atomic mass is 16.1. The smallest absolute Gasteiger partial charge is 0.135 e. The Morgan fingerprint density at radius 2 is 1.56 bits per heavy atom. The highest BCUT2D eigenvalue weighted by Gasteiger charge is 2.19. The molecule has 0 aromatic rings. The molecule has 0 N–H and O–H groups in total. The predicted octanol–water partition coefficient (Wildman–Crippen LogP) is 3.92. The average molecular weight is 226 g/mol. The molecular weight excluding hydrogens is 200 g/mol. The van der Waals surface area contributed by atoms with Crippen LogP contribution in [0.2, 0.25) is 0 Å². The van der Waals surface area contributed by atoms with E-state index in [0.29, 0.717) is 5.78 Å². The monoisotopic (exact) mass is 226 g/mol. The van der Waals surface area contributed by atoms with Gasteiger partial charge < -0.3 is 0 Å². The summed E-state index contributed by atoms with van der Waals surface area (Å²) in [6.07, 6.45) is 7.44. The van der Waals surface area contributed by atoms with Crippen molar-refractivity contribution in [2.75, 3.05) is 0 Å². The minimum Gasteiger partial charge on any atom is -0.300 e. The van der Waals surface area contributed by atoms with Gasteiger partial charge in [-0.25, -0.2) is 0 Å². The van der Waals surface area contributed by atoms with Crippen molar-refractivity contribution in [1.29, 1.82) is 0 Å².